The maximum absolute atomic E-state index is 13.4. The Morgan fingerprint density at radius 1 is 0.933 bits per heavy atom. The van der Waals surface area contributed by atoms with Gasteiger partial charge in [-0.25, -0.2) is 9.97 Å². The van der Waals surface area contributed by atoms with Gasteiger partial charge in [-0.05, 0) is 54.7 Å². The molecule has 1 aliphatic heterocycles. The van der Waals surface area contributed by atoms with E-state index in [0.29, 0.717) is 10.7 Å². The molecule has 2 amide bonds. The number of thiophene rings is 1. The van der Waals surface area contributed by atoms with Gasteiger partial charge in [0.1, 0.15) is 11.8 Å². The molecule has 0 aliphatic carbocycles. The number of amides is 2. The van der Waals surface area contributed by atoms with E-state index in [0.717, 1.165) is 32.9 Å². The van der Waals surface area contributed by atoms with Crippen molar-refractivity contribution in [2.75, 3.05) is 13.1 Å². The number of carboxylic acids is 1. The summed E-state index contributed by atoms with van der Waals surface area (Å²) in [6.07, 6.45) is 3.93. The van der Waals surface area contributed by atoms with Crippen LogP contribution in [-0.2, 0) is 21.4 Å². The quantitative estimate of drug-likeness (QED) is 0.227. The van der Waals surface area contributed by atoms with Crippen LogP contribution in [-0.4, -0.2) is 63.0 Å². The summed E-state index contributed by atoms with van der Waals surface area (Å²) in [6.45, 7) is 10.5. The zero-order chi connectivity index (χ0) is 32.3. The summed E-state index contributed by atoms with van der Waals surface area (Å²) in [7, 11) is 0. The fourth-order valence-electron chi connectivity index (χ4n) is 4.98. The maximum atomic E-state index is 13.4. The smallest absolute Gasteiger partial charge is 0.310 e. The molecule has 1 aliphatic rings. The zero-order valence-electron chi connectivity index (χ0n) is 26.1. The summed E-state index contributed by atoms with van der Waals surface area (Å²) in [5.74, 6) is -0.741. The Bertz CT molecular complexity index is 1650. The molecule has 234 valence electrons. The fraction of sp³-hybridized carbons (Fsp3) is 0.343. The topological polar surface area (TPSA) is 122 Å². The van der Waals surface area contributed by atoms with Crippen molar-refractivity contribution in [1.29, 1.82) is 0 Å². The van der Waals surface area contributed by atoms with Crippen LogP contribution in [0.5, 0.6) is 5.75 Å². The predicted octanol–water partition coefficient (Wildman–Crippen LogP) is 5.84. The normalized spacial score (nSPS) is 14.1. The molecule has 5 rings (SSSR count). The van der Waals surface area contributed by atoms with Crippen molar-refractivity contribution >= 4 is 29.1 Å². The Balaban J connectivity index is 1.28. The highest BCUT2D eigenvalue weighted by molar-refractivity contribution is 7.14. The lowest BCUT2D eigenvalue weighted by molar-refractivity contribution is -0.153. The van der Waals surface area contributed by atoms with Crippen LogP contribution in [0.4, 0.5) is 0 Å². The molecule has 1 fully saturated rings. The number of ether oxygens (including phenoxy) is 1. The van der Waals surface area contributed by atoms with Gasteiger partial charge in [0.05, 0.1) is 16.9 Å². The second kappa shape index (κ2) is 13.2. The van der Waals surface area contributed by atoms with Gasteiger partial charge in [0.15, 0.2) is 5.82 Å². The maximum Gasteiger partial charge on any atom is 0.310 e. The summed E-state index contributed by atoms with van der Waals surface area (Å²) >= 11 is 1.41. The molecule has 10 heteroatoms. The number of aromatic nitrogens is 2. The summed E-state index contributed by atoms with van der Waals surface area (Å²) in [4.78, 5) is 50.2. The number of carbonyl (C=O) groups excluding carboxylic acids is 2. The molecular formula is C35H38N4O5S. The van der Waals surface area contributed by atoms with Crippen molar-refractivity contribution < 1.29 is 24.2 Å². The van der Waals surface area contributed by atoms with Crippen molar-refractivity contribution in [2.24, 2.45) is 5.92 Å². The number of nitrogens with zero attached hydrogens (tertiary/aromatic N) is 3. The largest absolute Gasteiger partial charge is 0.491 e. The lowest BCUT2D eigenvalue weighted by Crippen LogP contribution is -2.59. The molecule has 2 aromatic carbocycles. The van der Waals surface area contributed by atoms with Gasteiger partial charge in [0.25, 0.3) is 5.91 Å². The van der Waals surface area contributed by atoms with Crippen molar-refractivity contribution in [3.63, 3.8) is 0 Å². The van der Waals surface area contributed by atoms with Gasteiger partial charge in [0, 0.05) is 47.9 Å². The van der Waals surface area contributed by atoms with Crippen LogP contribution in [0.3, 0.4) is 0 Å². The molecule has 2 aromatic heterocycles. The Kier molecular flexibility index (Phi) is 9.34. The highest BCUT2D eigenvalue weighted by Gasteiger charge is 2.39. The number of hydrogen-bond acceptors (Lipinski definition) is 7. The van der Waals surface area contributed by atoms with Crippen LogP contribution >= 0.6 is 11.3 Å². The van der Waals surface area contributed by atoms with Crippen molar-refractivity contribution in [2.45, 2.75) is 58.6 Å². The highest BCUT2D eigenvalue weighted by Crippen LogP contribution is 2.30. The first-order valence-corrected chi connectivity index (χ1v) is 15.8. The monoisotopic (exact) mass is 626 g/mol. The average Bonchev–Trinajstić information content (AvgIpc) is 3.48. The lowest BCUT2D eigenvalue weighted by Gasteiger charge is -2.38. The van der Waals surface area contributed by atoms with Crippen LogP contribution in [0, 0.1) is 5.92 Å². The van der Waals surface area contributed by atoms with E-state index in [9.17, 15) is 19.5 Å². The third kappa shape index (κ3) is 7.75. The molecule has 4 aromatic rings. The van der Waals surface area contributed by atoms with Crippen molar-refractivity contribution in [1.82, 2.24) is 20.2 Å². The van der Waals surface area contributed by atoms with Gasteiger partial charge in [0.2, 0.25) is 5.91 Å². The third-order valence-electron chi connectivity index (χ3n) is 7.58. The molecule has 45 heavy (non-hydrogen) atoms. The number of carboxylic acid groups (broad SMARTS) is 1. The zero-order valence-corrected chi connectivity index (χ0v) is 26.9. The first-order valence-electron chi connectivity index (χ1n) is 15.0. The molecular weight excluding hydrogens is 588 g/mol. The van der Waals surface area contributed by atoms with Gasteiger partial charge >= 0.3 is 5.97 Å². The number of nitrogens with one attached hydrogen (secondary N) is 1. The molecule has 2 N–H and O–H groups in total. The number of carbonyl (C=O) groups is 3. The Morgan fingerprint density at radius 3 is 2.11 bits per heavy atom. The number of aliphatic carboxylic acids is 1. The van der Waals surface area contributed by atoms with Crippen LogP contribution in [0.2, 0.25) is 0 Å². The number of benzene rings is 2. The van der Waals surface area contributed by atoms with Gasteiger partial charge in [-0.3, -0.25) is 14.4 Å². The van der Waals surface area contributed by atoms with Crippen molar-refractivity contribution in [3.05, 3.63) is 88.4 Å². The fourth-order valence-corrected chi connectivity index (χ4v) is 5.94. The minimum absolute atomic E-state index is 0.0953. The molecule has 1 atom stereocenters. The second-order valence-corrected chi connectivity index (χ2v) is 13.7. The van der Waals surface area contributed by atoms with Gasteiger partial charge in [-0.2, -0.15) is 0 Å². The van der Waals surface area contributed by atoms with E-state index in [1.54, 1.807) is 18.5 Å². The van der Waals surface area contributed by atoms with E-state index >= 15 is 0 Å². The minimum atomic E-state index is -0.923. The molecule has 3 heterocycles. The Hall–Kier alpha value is -4.57. The highest BCUT2D eigenvalue weighted by atomic mass is 32.1. The van der Waals surface area contributed by atoms with E-state index in [-0.39, 0.29) is 42.8 Å². The molecule has 9 nitrogen and oxygen atoms in total. The number of rotatable bonds is 10. The first-order chi connectivity index (χ1) is 21.4. The first kappa shape index (κ1) is 31.8. The second-order valence-electron chi connectivity index (χ2n) is 12.6. The number of likely N-dealkylation sites (tertiary alicyclic amines) is 1. The molecule has 0 bridgehead atoms. The van der Waals surface area contributed by atoms with E-state index < -0.39 is 17.9 Å². The van der Waals surface area contributed by atoms with Crippen molar-refractivity contribution in [3.8, 4) is 28.3 Å². The van der Waals surface area contributed by atoms with Crippen LogP contribution in [0.25, 0.3) is 22.5 Å². The summed E-state index contributed by atoms with van der Waals surface area (Å²) < 4.78 is 5.72. The van der Waals surface area contributed by atoms with Gasteiger partial charge in [-0.1, -0.05) is 57.2 Å². The molecule has 0 spiro atoms. The van der Waals surface area contributed by atoms with Crippen LogP contribution in [0.1, 0.15) is 54.7 Å². The summed E-state index contributed by atoms with van der Waals surface area (Å²) in [6, 6.07) is 18.3. The lowest BCUT2D eigenvalue weighted by atomic mass is 9.95. The minimum Gasteiger partial charge on any atom is -0.491 e. The van der Waals surface area contributed by atoms with E-state index in [4.69, 9.17) is 4.74 Å². The number of hydrogen-bond donors (Lipinski definition) is 2. The van der Waals surface area contributed by atoms with Crippen LogP contribution in [0.15, 0.2) is 73.1 Å². The predicted molar refractivity (Wildman–Crippen MR) is 174 cm³/mol. The SMILES string of the molecule is CC(C)Oc1ccc(-c2cnc(-c3ccc(C[C@H](NC(=O)c4ccc(C(C)(C)C)s4)C(=O)N4CC(C(=O)O)C4)cc3)nc2)cc1. The van der Waals surface area contributed by atoms with E-state index in [1.165, 1.54) is 16.2 Å². The standard InChI is InChI=1S/C35H38N4O5S/c1-21(2)44-27-12-10-23(11-13-27)25-17-36-31(37-18-25)24-8-6-22(7-9-24)16-28(33(41)39-19-26(20-39)34(42)43)38-32(40)29-14-15-30(45-29)35(3,4)5/h6-15,17-18,21,26,28H,16,19-20H2,1-5H3,(H,38,40)(H,42,43)/t28-/m0/s1. The summed E-state index contributed by atoms with van der Waals surface area (Å²) in [5, 5.41) is 12.2. The molecule has 0 saturated carbocycles. The Labute approximate surface area is 267 Å². The summed E-state index contributed by atoms with van der Waals surface area (Å²) in [5.41, 5.74) is 3.44. The Morgan fingerprint density at radius 2 is 1.56 bits per heavy atom. The van der Waals surface area contributed by atoms with E-state index in [2.05, 4.69) is 36.1 Å². The molecule has 0 unspecified atom stereocenters. The van der Waals surface area contributed by atoms with Gasteiger partial charge < -0.3 is 20.1 Å². The average molecular weight is 627 g/mol. The molecule has 0 radical (unpaired) electrons. The van der Waals surface area contributed by atoms with Gasteiger partial charge in [-0.15, -0.1) is 11.3 Å². The van der Waals surface area contributed by atoms with Crippen LogP contribution < -0.4 is 10.1 Å². The molecule has 1 saturated heterocycles. The third-order valence-corrected chi connectivity index (χ3v) is 9.09. The van der Waals surface area contributed by atoms with E-state index in [1.807, 2.05) is 68.4 Å².